The van der Waals surface area contributed by atoms with Gasteiger partial charge >= 0.3 is 0 Å². The van der Waals surface area contributed by atoms with Gasteiger partial charge in [0.05, 0.1) is 12.2 Å². The van der Waals surface area contributed by atoms with Gasteiger partial charge in [-0.1, -0.05) is 18.2 Å². The number of benzene rings is 2. The number of hydrogen-bond donors (Lipinski definition) is 0. The van der Waals surface area contributed by atoms with Crippen molar-refractivity contribution in [2.24, 2.45) is 0 Å². The molecule has 0 N–H and O–H groups in total. The van der Waals surface area contributed by atoms with Crippen molar-refractivity contribution in [3.63, 3.8) is 0 Å². The van der Waals surface area contributed by atoms with E-state index >= 15 is 0 Å². The largest absolute Gasteiger partial charge is 0.490 e. The van der Waals surface area contributed by atoms with Crippen LogP contribution in [0.1, 0.15) is 10.4 Å². The van der Waals surface area contributed by atoms with Crippen LogP contribution in [0.5, 0.6) is 5.75 Å². The van der Waals surface area contributed by atoms with Crippen molar-refractivity contribution >= 4 is 11.6 Å². The summed E-state index contributed by atoms with van der Waals surface area (Å²) in [7, 11) is 0. The topological polar surface area (TPSA) is 29.5 Å². The number of anilines is 1. The van der Waals surface area contributed by atoms with E-state index < -0.39 is 5.82 Å². The minimum Gasteiger partial charge on any atom is -0.490 e. The predicted molar refractivity (Wildman–Crippen MR) is 70.0 cm³/mol. The number of carbonyl (C=O) groups is 1. The van der Waals surface area contributed by atoms with E-state index in [1.54, 1.807) is 11.0 Å². The maximum atomic E-state index is 13.2. The van der Waals surface area contributed by atoms with Crippen LogP contribution in [0, 0.1) is 5.82 Å². The van der Waals surface area contributed by atoms with Gasteiger partial charge in [-0.05, 0) is 30.3 Å². The van der Waals surface area contributed by atoms with E-state index in [-0.39, 0.29) is 5.91 Å². The SMILES string of the molecule is O=C(c1cccc(F)c1)N1CCOc2ccccc21. The van der Waals surface area contributed by atoms with E-state index in [0.717, 1.165) is 5.69 Å². The van der Waals surface area contributed by atoms with Gasteiger partial charge in [0.25, 0.3) is 5.91 Å². The first-order valence-electron chi connectivity index (χ1n) is 6.05. The number of ether oxygens (including phenoxy) is 1. The van der Waals surface area contributed by atoms with Crippen molar-refractivity contribution in [2.45, 2.75) is 0 Å². The molecule has 0 radical (unpaired) electrons. The molecule has 3 nitrogen and oxygen atoms in total. The molecular formula is C15H12FNO2. The third kappa shape index (κ3) is 2.17. The molecule has 1 heterocycles. The van der Waals surface area contributed by atoms with E-state index in [0.29, 0.717) is 24.5 Å². The summed E-state index contributed by atoms with van der Waals surface area (Å²) in [5.74, 6) is 0.0566. The van der Waals surface area contributed by atoms with Crippen LogP contribution in [0.2, 0.25) is 0 Å². The Balaban J connectivity index is 1.98. The van der Waals surface area contributed by atoms with Gasteiger partial charge in [0.15, 0.2) is 0 Å². The third-order valence-corrected chi connectivity index (χ3v) is 3.05. The van der Waals surface area contributed by atoms with Crippen LogP contribution in [-0.2, 0) is 0 Å². The van der Waals surface area contributed by atoms with Crippen LogP contribution < -0.4 is 9.64 Å². The Kier molecular flexibility index (Phi) is 2.91. The summed E-state index contributed by atoms with van der Waals surface area (Å²) in [6.07, 6.45) is 0. The molecule has 0 bridgehead atoms. The molecule has 19 heavy (non-hydrogen) atoms. The second-order valence-corrected chi connectivity index (χ2v) is 4.28. The van der Waals surface area contributed by atoms with Gasteiger partial charge in [-0.25, -0.2) is 4.39 Å². The molecule has 4 heteroatoms. The zero-order chi connectivity index (χ0) is 13.2. The van der Waals surface area contributed by atoms with E-state index in [1.165, 1.54) is 18.2 Å². The number of fused-ring (bicyclic) bond motifs is 1. The molecule has 0 unspecified atom stereocenters. The zero-order valence-corrected chi connectivity index (χ0v) is 10.2. The molecule has 0 saturated carbocycles. The second kappa shape index (κ2) is 4.72. The number of rotatable bonds is 1. The van der Waals surface area contributed by atoms with Crippen molar-refractivity contribution in [1.82, 2.24) is 0 Å². The quantitative estimate of drug-likeness (QED) is 0.786. The summed E-state index contributed by atoms with van der Waals surface area (Å²) >= 11 is 0. The Morgan fingerprint density at radius 1 is 1.16 bits per heavy atom. The van der Waals surface area contributed by atoms with E-state index in [9.17, 15) is 9.18 Å². The Morgan fingerprint density at radius 2 is 2.00 bits per heavy atom. The first-order valence-corrected chi connectivity index (χ1v) is 6.05. The average molecular weight is 257 g/mol. The van der Waals surface area contributed by atoms with Crippen LogP contribution in [-0.4, -0.2) is 19.1 Å². The summed E-state index contributed by atoms with van der Waals surface area (Å²) < 4.78 is 18.7. The Labute approximate surface area is 110 Å². The number of para-hydroxylation sites is 2. The highest BCUT2D eigenvalue weighted by molar-refractivity contribution is 6.07. The molecule has 1 aliphatic rings. The van der Waals surface area contributed by atoms with Gasteiger partial charge in [-0.2, -0.15) is 0 Å². The molecule has 0 saturated heterocycles. The summed E-state index contributed by atoms with van der Waals surface area (Å²) in [6, 6.07) is 13.1. The minimum absolute atomic E-state index is 0.213. The fourth-order valence-corrected chi connectivity index (χ4v) is 2.16. The Bertz CT molecular complexity index is 627. The van der Waals surface area contributed by atoms with Crippen molar-refractivity contribution in [1.29, 1.82) is 0 Å². The van der Waals surface area contributed by atoms with Crippen LogP contribution in [0.15, 0.2) is 48.5 Å². The lowest BCUT2D eigenvalue weighted by Crippen LogP contribution is -2.37. The van der Waals surface area contributed by atoms with E-state index in [1.807, 2.05) is 24.3 Å². The summed E-state index contributed by atoms with van der Waals surface area (Å²) in [4.78, 5) is 14.0. The van der Waals surface area contributed by atoms with Gasteiger partial charge in [0.1, 0.15) is 18.2 Å². The van der Waals surface area contributed by atoms with Crippen molar-refractivity contribution in [3.05, 3.63) is 59.9 Å². The number of nitrogens with zero attached hydrogens (tertiary/aromatic N) is 1. The number of carbonyl (C=O) groups excluding carboxylic acids is 1. The Morgan fingerprint density at radius 3 is 2.84 bits per heavy atom. The fraction of sp³-hybridized carbons (Fsp3) is 0.133. The maximum absolute atomic E-state index is 13.2. The van der Waals surface area contributed by atoms with Gasteiger partial charge in [0, 0.05) is 5.56 Å². The first kappa shape index (κ1) is 11.7. The number of amides is 1. The highest BCUT2D eigenvalue weighted by atomic mass is 19.1. The monoisotopic (exact) mass is 257 g/mol. The smallest absolute Gasteiger partial charge is 0.258 e. The van der Waals surface area contributed by atoms with E-state index in [4.69, 9.17) is 4.74 Å². The predicted octanol–water partition coefficient (Wildman–Crippen LogP) is 2.86. The lowest BCUT2D eigenvalue weighted by molar-refractivity contribution is 0.0976. The molecule has 0 fully saturated rings. The second-order valence-electron chi connectivity index (χ2n) is 4.28. The number of halogens is 1. The standard InChI is InChI=1S/C15H12FNO2/c16-12-5-3-4-11(10-12)15(18)17-8-9-19-14-7-2-1-6-13(14)17/h1-7,10H,8-9H2. The van der Waals surface area contributed by atoms with Crippen LogP contribution in [0.3, 0.4) is 0 Å². The molecule has 0 atom stereocenters. The van der Waals surface area contributed by atoms with Crippen LogP contribution in [0.25, 0.3) is 0 Å². The molecule has 1 aliphatic heterocycles. The maximum Gasteiger partial charge on any atom is 0.258 e. The highest BCUT2D eigenvalue weighted by Crippen LogP contribution is 2.31. The lowest BCUT2D eigenvalue weighted by Gasteiger charge is -2.29. The van der Waals surface area contributed by atoms with Gasteiger partial charge in [-0.15, -0.1) is 0 Å². The summed E-state index contributed by atoms with van der Waals surface area (Å²) in [5.41, 5.74) is 1.07. The van der Waals surface area contributed by atoms with E-state index in [2.05, 4.69) is 0 Å². The minimum atomic E-state index is -0.410. The fourth-order valence-electron chi connectivity index (χ4n) is 2.16. The molecule has 3 rings (SSSR count). The molecule has 2 aromatic rings. The molecule has 2 aromatic carbocycles. The molecule has 0 aromatic heterocycles. The highest BCUT2D eigenvalue weighted by Gasteiger charge is 2.24. The summed E-state index contributed by atoms with van der Waals surface area (Å²) in [6.45, 7) is 0.907. The number of hydrogen-bond acceptors (Lipinski definition) is 2. The first-order chi connectivity index (χ1) is 9.25. The molecule has 96 valence electrons. The van der Waals surface area contributed by atoms with Crippen molar-refractivity contribution < 1.29 is 13.9 Å². The van der Waals surface area contributed by atoms with Crippen LogP contribution in [0.4, 0.5) is 10.1 Å². The van der Waals surface area contributed by atoms with Gasteiger partial charge in [-0.3, -0.25) is 4.79 Å². The van der Waals surface area contributed by atoms with Gasteiger partial charge in [0.2, 0.25) is 0 Å². The zero-order valence-electron chi connectivity index (χ0n) is 10.2. The molecule has 0 aliphatic carbocycles. The van der Waals surface area contributed by atoms with Crippen molar-refractivity contribution in [2.75, 3.05) is 18.1 Å². The third-order valence-electron chi connectivity index (χ3n) is 3.05. The lowest BCUT2D eigenvalue weighted by atomic mass is 10.1. The van der Waals surface area contributed by atoms with Crippen LogP contribution >= 0.6 is 0 Å². The molecule has 0 spiro atoms. The molecule has 1 amide bonds. The average Bonchev–Trinajstić information content (AvgIpc) is 2.46. The van der Waals surface area contributed by atoms with Gasteiger partial charge < -0.3 is 9.64 Å². The van der Waals surface area contributed by atoms with Crippen molar-refractivity contribution in [3.8, 4) is 5.75 Å². The normalized spacial score (nSPS) is 13.6. The summed E-state index contributed by atoms with van der Waals surface area (Å²) in [5, 5.41) is 0. The molecular weight excluding hydrogens is 245 g/mol. The Hall–Kier alpha value is -2.36.